The molecule has 0 saturated carbocycles. The van der Waals surface area contributed by atoms with Gasteiger partial charge in [0, 0.05) is 10.9 Å². The van der Waals surface area contributed by atoms with Crippen molar-refractivity contribution in [2.75, 3.05) is 7.11 Å². The van der Waals surface area contributed by atoms with E-state index in [1.54, 1.807) is 7.11 Å². The molecule has 0 bridgehead atoms. The van der Waals surface area contributed by atoms with Gasteiger partial charge in [-0.2, -0.15) is 0 Å². The predicted molar refractivity (Wildman–Crippen MR) is 99.2 cm³/mol. The molecular formula is C22H17NO. The van der Waals surface area contributed by atoms with Crippen LogP contribution in [0.2, 0.25) is 0 Å². The average Bonchev–Trinajstić information content (AvgIpc) is 2.68. The van der Waals surface area contributed by atoms with Crippen LogP contribution in [0.25, 0.3) is 33.3 Å². The van der Waals surface area contributed by atoms with E-state index in [0.29, 0.717) is 0 Å². The number of aromatic nitrogens is 1. The normalized spacial score (nSPS) is 10.7. The van der Waals surface area contributed by atoms with Gasteiger partial charge in [-0.3, -0.25) is 0 Å². The van der Waals surface area contributed by atoms with Crippen LogP contribution in [0.1, 0.15) is 0 Å². The molecule has 3 aromatic carbocycles. The summed E-state index contributed by atoms with van der Waals surface area (Å²) in [6, 6.07) is 28.9. The van der Waals surface area contributed by atoms with Gasteiger partial charge in [0.05, 0.1) is 18.3 Å². The second-order valence-electron chi connectivity index (χ2n) is 5.70. The predicted octanol–water partition coefficient (Wildman–Crippen LogP) is 5.58. The number of nitrogens with zero attached hydrogens (tertiary/aromatic N) is 1. The molecule has 2 nitrogen and oxygen atoms in total. The van der Waals surface area contributed by atoms with E-state index >= 15 is 0 Å². The molecule has 0 N–H and O–H groups in total. The summed E-state index contributed by atoms with van der Waals surface area (Å²) < 4.78 is 5.32. The fourth-order valence-electron chi connectivity index (χ4n) is 2.88. The quantitative estimate of drug-likeness (QED) is 0.493. The van der Waals surface area contributed by atoms with Crippen molar-refractivity contribution in [2.24, 2.45) is 0 Å². The van der Waals surface area contributed by atoms with Crippen molar-refractivity contribution in [2.45, 2.75) is 0 Å². The highest BCUT2D eigenvalue weighted by molar-refractivity contribution is 5.86. The number of benzene rings is 3. The molecule has 0 aliphatic rings. The number of methoxy groups -OCH3 is 1. The molecule has 2 heteroatoms. The summed E-state index contributed by atoms with van der Waals surface area (Å²) in [7, 11) is 1.69. The van der Waals surface area contributed by atoms with Gasteiger partial charge in [-0.15, -0.1) is 0 Å². The first kappa shape index (κ1) is 14.5. The lowest BCUT2D eigenvalue weighted by atomic mass is 10.0. The van der Waals surface area contributed by atoms with Crippen molar-refractivity contribution < 1.29 is 4.74 Å². The number of fused-ring (bicyclic) bond motifs is 1. The molecule has 1 aromatic heterocycles. The Labute approximate surface area is 141 Å². The summed E-state index contributed by atoms with van der Waals surface area (Å²) in [5.74, 6) is 0.866. The Kier molecular flexibility index (Phi) is 3.72. The van der Waals surface area contributed by atoms with Gasteiger partial charge in [0.2, 0.25) is 0 Å². The number of hydrogen-bond donors (Lipinski definition) is 0. The molecule has 0 radical (unpaired) electrons. The molecule has 0 aliphatic carbocycles. The van der Waals surface area contributed by atoms with Gasteiger partial charge in [0.25, 0.3) is 0 Å². The Hall–Kier alpha value is -3.13. The molecule has 0 unspecified atom stereocenters. The van der Waals surface area contributed by atoms with Gasteiger partial charge in [-0.1, -0.05) is 54.6 Å². The number of rotatable bonds is 3. The monoisotopic (exact) mass is 311 g/mol. The summed E-state index contributed by atoms with van der Waals surface area (Å²) >= 11 is 0. The van der Waals surface area contributed by atoms with Crippen LogP contribution >= 0.6 is 0 Å². The Morgan fingerprint density at radius 3 is 2.29 bits per heavy atom. The first-order valence-electron chi connectivity index (χ1n) is 7.94. The molecule has 0 aliphatic heterocycles. The van der Waals surface area contributed by atoms with Crippen LogP contribution in [0, 0.1) is 0 Å². The fraction of sp³-hybridized carbons (Fsp3) is 0.0455. The molecule has 0 spiro atoms. The van der Waals surface area contributed by atoms with E-state index in [0.717, 1.165) is 39.0 Å². The molecule has 24 heavy (non-hydrogen) atoms. The van der Waals surface area contributed by atoms with Crippen molar-refractivity contribution in [3.63, 3.8) is 0 Å². The molecule has 116 valence electrons. The first-order chi connectivity index (χ1) is 11.8. The zero-order valence-electron chi connectivity index (χ0n) is 13.4. The number of ether oxygens (including phenoxy) is 1. The van der Waals surface area contributed by atoms with Crippen LogP contribution in [-0.2, 0) is 0 Å². The van der Waals surface area contributed by atoms with E-state index in [-0.39, 0.29) is 0 Å². The maximum absolute atomic E-state index is 5.32. The molecule has 4 aromatic rings. The third-order valence-electron chi connectivity index (χ3n) is 4.16. The highest BCUT2D eigenvalue weighted by Gasteiger charge is 2.04. The first-order valence-corrected chi connectivity index (χ1v) is 7.94. The largest absolute Gasteiger partial charge is 0.497 e. The number of hydrogen-bond acceptors (Lipinski definition) is 2. The van der Waals surface area contributed by atoms with E-state index in [1.165, 1.54) is 0 Å². The van der Waals surface area contributed by atoms with Gasteiger partial charge in [-0.25, -0.2) is 4.98 Å². The fourth-order valence-corrected chi connectivity index (χ4v) is 2.88. The van der Waals surface area contributed by atoms with E-state index in [1.807, 2.05) is 36.4 Å². The Morgan fingerprint density at radius 2 is 1.46 bits per heavy atom. The van der Waals surface area contributed by atoms with E-state index in [4.69, 9.17) is 9.72 Å². The summed E-state index contributed by atoms with van der Waals surface area (Å²) in [5.41, 5.74) is 5.44. The zero-order chi connectivity index (χ0) is 16.4. The lowest BCUT2D eigenvalue weighted by molar-refractivity contribution is 0.415. The van der Waals surface area contributed by atoms with Gasteiger partial charge < -0.3 is 4.74 Å². The summed E-state index contributed by atoms with van der Waals surface area (Å²) in [4.78, 5) is 4.79. The van der Waals surface area contributed by atoms with Crippen LogP contribution in [0.4, 0.5) is 0 Å². The minimum Gasteiger partial charge on any atom is -0.497 e. The van der Waals surface area contributed by atoms with Crippen LogP contribution < -0.4 is 4.74 Å². The molecular weight excluding hydrogens is 294 g/mol. The maximum atomic E-state index is 5.32. The SMILES string of the molecule is COc1cccc(-c2ccc3nc(-c4ccccc4)ccc3c2)c1. The molecule has 1 heterocycles. The lowest BCUT2D eigenvalue weighted by Gasteiger charge is -2.07. The van der Waals surface area contributed by atoms with Gasteiger partial charge in [0.15, 0.2) is 0 Å². The second-order valence-corrected chi connectivity index (χ2v) is 5.70. The average molecular weight is 311 g/mol. The summed E-state index contributed by atoms with van der Waals surface area (Å²) in [6.07, 6.45) is 0. The Bertz CT molecular complexity index is 993. The highest BCUT2D eigenvalue weighted by Crippen LogP contribution is 2.28. The van der Waals surface area contributed by atoms with Crippen LogP contribution in [0.3, 0.4) is 0 Å². The standard InChI is InChI=1S/C22H17NO/c1-24-20-9-5-8-17(15-20)18-10-12-22-19(14-18)11-13-21(23-22)16-6-3-2-4-7-16/h2-15H,1H3. The van der Waals surface area contributed by atoms with Crippen LogP contribution in [-0.4, -0.2) is 12.1 Å². The van der Waals surface area contributed by atoms with Crippen LogP contribution in [0.15, 0.2) is 84.9 Å². The third-order valence-corrected chi connectivity index (χ3v) is 4.16. The van der Waals surface area contributed by atoms with Crippen molar-refractivity contribution in [1.29, 1.82) is 0 Å². The zero-order valence-corrected chi connectivity index (χ0v) is 13.4. The van der Waals surface area contributed by atoms with Gasteiger partial charge in [0.1, 0.15) is 5.75 Å². The van der Waals surface area contributed by atoms with E-state index < -0.39 is 0 Å². The molecule has 0 fully saturated rings. The minimum absolute atomic E-state index is 0.866. The van der Waals surface area contributed by atoms with E-state index in [9.17, 15) is 0 Å². The van der Waals surface area contributed by atoms with Crippen molar-refractivity contribution in [3.05, 3.63) is 84.9 Å². The minimum atomic E-state index is 0.866. The van der Waals surface area contributed by atoms with Crippen molar-refractivity contribution >= 4 is 10.9 Å². The molecule has 0 saturated heterocycles. The second kappa shape index (κ2) is 6.17. The van der Waals surface area contributed by atoms with E-state index in [2.05, 4.69) is 48.5 Å². The summed E-state index contributed by atoms with van der Waals surface area (Å²) in [5, 5.41) is 1.13. The topological polar surface area (TPSA) is 22.1 Å². The highest BCUT2D eigenvalue weighted by atomic mass is 16.5. The smallest absolute Gasteiger partial charge is 0.119 e. The number of pyridine rings is 1. The van der Waals surface area contributed by atoms with Gasteiger partial charge >= 0.3 is 0 Å². The molecule has 4 rings (SSSR count). The molecule has 0 atom stereocenters. The maximum Gasteiger partial charge on any atom is 0.119 e. The summed E-state index contributed by atoms with van der Waals surface area (Å²) in [6.45, 7) is 0. The Morgan fingerprint density at radius 1 is 0.667 bits per heavy atom. The van der Waals surface area contributed by atoms with Crippen molar-refractivity contribution in [1.82, 2.24) is 4.98 Å². The molecule has 0 amide bonds. The lowest BCUT2D eigenvalue weighted by Crippen LogP contribution is -1.87. The Balaban J connectivity index is 1.76. The van der Waals surface area contributed by atoms with Crippen LogP contribution in [0.5, 0.6) is 5.75 Å². The third kappa shape index (κ3) is 2.74. The van der Waals surface area contributed by atoms with Crippen molar-refractivity contribution in [3.8, 4) is 28.1 Å². The van der Waals surface area contributed by atoms with Gasteiger partial charge in [-0.05, 0) is 41.5 Å².